The first-order valence-electron chi connectivity index (χ1n) is 12.3. The van der Waals surface area contributed by atoms with Gasteiger partial charge in [0.2, 0.25) is 0 Å². The summed E-state index contributed by atoms with van der Waals surface area (Å²) in [5.41, 5.74) is 10.8. The molecule has 0 unspecified atom stereocenters. The summed E-state index contributed by atoms with van der Waals surface area (Å²) in [6, 6.07) is 35.8. The Morgan fingerprint density at radius 1 is 0.576 bits per heavy atom. The van der Waals surface area contributed by atoms with Gasteiger partial charge in [-0.25, -0.2) is 0 Å². The van der Waals surface area contributed by atoms with Gasteiger partial charge in [-0.1, -0.05) is 92.9 Å². The smallest absolute Gasteiger partial charge is 0.0465 e. The van der Waals surface area contributed by atoms with E-state index >= 15 is 0 Å². The fraction of sp³-hybridized carbons (Fsp3) is 0.250. The molecule has 4 aromatic carbocycles. The van der Waals surface area contributed by atoms with Gasteiger partial charge in [0.15, 0.2) is 0 Å². The Balaban J connectivity index is 1.72. The Kier molecular flexibility index (Phi) is 5.81. The quantitative estimate of drug-likeness (QED) is 0.282. The van der Waals surface area contributed by atoms with Gasteiger partial charge in [0.05, 0.1) is 0 Å². The van der Waals surface area contributed by atoms with Crippen molar-refractivity contribution in [3.05, 3.63) is 114 Å². The molecule has 0 heterocycles. The highest BCUT2D eigenvalue weighted by Crippen LogP contribution is 2.55. The largest absolute Gasteiger partial charge is 0.310 e. The third-order valence-corrected chi connectivity index (χ3v) is 7.17. The molecule has 0 saturated carbocycles. The average molecular weight is 432 g/mol. The lowest BCUT2D eigenvalue weighted by molar-refractivity contribution is 0.436. The highest BCUT2D eigenvalue weighted by atomic mass is 15.1. The van der Waals surface area contributed by atoms with Gasteiger partial charge < -0.3 is 4.90 Å². The van der Waals surface area contributed by atoms with E-state index in [1.54, 1.807) is 0 Å². The van der Waals surface area contributed by atoms with Crippen molar-refractivity contribution in [3.8, 4) is 11.1 Å². The Hall–Kier alpha value is -3.32. The van der Waals surface area contributed by atoms with Crippen LogP contribution in [0.2, 0.25) is 0 Å². The van der Waals surface area contributed by atoms with Crippen LogP contribution in [0.25, 0.3) is 11.1 Å². The molecule has 0 aromatic heterocycles. The highest BCUT2D eigenvalue weighted by molar-refractivity contribution is 5.85. The lowest BCUT2D eigenvalue weighted by Gasteiger charge is -2.33. The van der Waals surface area contributed by atoms with Crippen molar-refractivity contribution in [2.75, 3.05) is 4.90 Å². The molecule has 1 aliphatic rings. The first kappa shape index (κ1) is 21.5. The van der Waals surface area contributed by atoms with Crippen molar-refractivity contribution in [2.45, 2.75) is 51.9 Å². The van der Waals surface area contributed by atoms with E-state index in [4.69, 9.17) is 0 Å². The molecule has 1 aliphatic carbocycles. The summed E-state index contributed by atoms with van der Waals surface area (Å²) < 4.78 is 0. The molecule has 0 aliphatic heterocycles. The zero-order valence-corrected chi connectivity index (χ0v) is 20.0. The van der Waals surface area contributed by atoms with Gasteiger partial charge >= 0.3 is 0 Å². The van der Waals surface area contributed by atoms with E-state index in [1.165, 1.54) is 70.6 Å². The fourth-order valence-electron chi connectivity index (χ4n) is 5.82. The number of hydrogen-bond donors (Lipinski definition) is 0. The van der Waals surface area contributed by atoms with Crippen molar-refractivity contribution in [1.82, 2.24) is 0 Å². The number of nitrogens with zero attached hydrogens (tertiary/aromatic N) is 1. The van der Waals surface area contributed by atoms with Gasteiger partial charge in [0.1, 0.15) is 0 Å². The summed E-state index contributed by atoms with van der Waals surface area (Å²) in [4.78, 5) is 2.39. The molecule has 1 heteroatoms. The maximum absolute atomic E-state index is 2.48. The maximum Gasteiger partial charge on any atom is 0.0465 e. The predicted molar refractivity (Wildman–Crippen MR) is 142 cm³/mol. The van der Waals surface area contributed by atoms with Gasteiger partial charge in [0.25, 0.3) is 0 Å². The number of anilines is 3. The van der Waals surface area contributed by atoms with Gasteiger partial charge in [-0.15, -0.1) is 0 Å². The van der Waals surface area contributed by atoms with Crippen molar-refractivity contribution in [2.24, 2.45) is 0 Å². The van der Waals surface area contributed by atoms with Crippen LogP contribution in [0.15, 0.2) is 97.1 Å². The highest BCUT2D eigenvalue weighted by Gasteiger charge is 2.41. The van der Waals surface area contributed by atoms with E-state index in [9.17, 15) is 0 Å². The lowest BCUT2D eigenvalue weighted by Crippen LogP contribution is -2.25. The topological polar surface area (TPSA) is 3.24 Å². The van der Waals surface area contributed by atoms with Crippen LogP contribution >= 0.6 is 0 Å². The molecule has 0 atom stereocenters. The minimum absolute atomic E-state index is 0.0983. The summed E-state index contributed by atoms with van der Waals surface area (Å²) >= 11 is 0. The zero-order chi connectivity index (χ0) is 22.8. The summed E-state index contributed by atoms with van der Waals surface area (Å²) in [6.45, 7) is 6.79. The summed E-state index contributed by atoms with van der Waals surface area (Å²) in [6.07, 6.45) is 4.73. The van der Waals surface area contributed by atoms with Gasteiger partial charge in [-0.2, -0.15) is 0 Å². The van der Waals surface area contributed by atoms with Gasteiger partial charge in [0, 0.05) is 22.5 Å². The van der Waals surface area contributed by atoms with Crippen LogP contribution in [0.5, 0.6) is 0 Å². The van der Waals surface area contributed by atoms with Crippen LogP contribution in [-0.4, -0.2) is 0 Å². The first-order chi connectivity index (χ1) is 16.2. The summed E-state index contributed by atoms with van der Waals surface area (Å²) in [7, 11) is 0. The molecule has 0 N–H and O–H groups in total. The third kappa shape index (κ3) is 3.66. The van der Waals surface area contributed by atoms with E-state index in [-0.39, 0.29) is 5.41 Å². The van der Waals surface area contributed by atoms with Crippen LogP contribution in [0.4, 0.5) is 17.1 Å². The Bertz CT molecular complexity index is 1230. The predicted octanol–water partition coefficient (Wildman–Crippen LogP) is 9.33. The van der Waals surface area contributed by atoms with Crippen molar-refractivity contribution < 1.29 is 0 Å². The van der Waals surface area contributed by atoms with Crippen LogP contribution in [-0.2, 0) is 5.41 Å². The second-order valence-corrected chi connectivity index (χ2v) is 9.36. The molecule has 1 nitrogen and oxygen atoms in total. The zero-order valence-electron chi connectivity index (χ0n) is 20.0. The number of hydrogen-bond acceptors (Lipinski definition) is 1. The number of fused-ring (bicyclic) bond motifs is 3. The Morgan fingerprint density at radius 2 is 1.15 bits per heavy atom. The van der Waals surface area contributed by atoms with Crippen molar-refractivity contribution in [1.29, 1.82) is 0 Å². The normalized spacial score (nSPS) is 13.4. The molecule has 0 amide bonds. The molecule has 5 rings (SSSR count). The van der Waals surface area contributed by atoms with E-state index in [0.717, 1.165) is 0 Å². The Labute approximate surface area is 198 Å². The summed E-state index contributed by atoms with van der Waals surface area (Å²) in [5, 5.41) is 0. The lowest BCUT2D eigenvalue weighted by atomic mass is 9.71. The SMILES string of the molecule is CCCC1(CCC)c2ccccc2-c2ccc(N(c3ccccc3)c3ccc(C)cc3)cc21. The molecular weight excluding hydrogens is 398 g/mol. The van der Waals surface area contributed by atoms with Gasteiger partial charge in [-0.05, 0) is 78.4 Å². The van der Waals surface area contributed by atoms with Gasteiger partial charge in [-0.3, -0.25) is 0 Å². The second kappa shape index (κ2) is 8.90. The van der Waals surface area contributed by atoms with Crippen molar-refractivity contribution in [3.63, 3.8) is 0 Å². The fourth-order valence-corrected chi connectivity index (χ4v) is 5.82. The number of benzene rings is 4. The molecule has 0 bridgehead atoms. The van der Waals surface area contributed by atoms with Crippen LogP contribution < -0.4 is 4.90 Å². The van der Waals surface area contributed by atoms with E-state index in [0.29, 0.717) is 0 Å². The molecule has 0 saturated heterocycles. The average Bonchev–Trinajstić information content (AvgIpc) is 3.11. The molecule has 33 heavy (non-hydrogen) atoms. The minimum atomic E-state index is 0.0983. The molecule has 0 radical (unpaired) electrons. The molecule has 166 valence electrons. The maximum atomic E-state index is 2.48. The minimum Gasteiger partial charge on any atom is -0.310 e. The molecule has 0 spiro atoms. The number of aryl methyl sites for hydroxylation is 1. The monoisotopic (exact) mass is 431 g/mol. The summed E-state index contributed by atoms with van der Waals surface area (Å²) in [5.74, 6) is 0. The number of para-hydroxylation sites is 1. The van der Waals surface area contributed by atoms with Crippen LogP contribution in [0, 0.1) is 6.92 Å². The second-order valence-electron chi connectivity index (χ2n) is 9.36. The van der Waals surface area contributed by atoms with E-state index in [1.807, 2.05) is 0 Å². The van der Waals surface area contributed by atoms with Crippen LogP contribution in [0.1, 0.15) is 56.2 Å². The molecule has 0 fully saturated rings. The number of rotatable bonds is 7. The van der Waals surface area contributed by atoms with E-state index in [2.05, 4.69) is 123 Å². The van der Waals surface area contributed by atoms with Crippen molar-refractivity contribution >= 4 is 17.1 Å². The van der Waals surface area contributed by atoms with Crippen LogP contribution in [0.3, 0.4) is 0 Å². The standard InChI is InChI=1S/C32H33N/c1-4-21-32(22-5-2)30-14-10-9-13-28(30)29-20-19-27(23-31(29)32)33(25-11-7-6-8-12-25)26-17-15-24(3)16-18-26/h6-20,23H,4-5,21-22H2,1-3H3. The molecule has 4 aromatic rings. The Morgan fingerprint density at radius 3 is 1.85 bits per heavy atom. The first-order valence-corrected chi connectivity index (χ1v) is 12.3. The third-order valence-electron chi connectivity index (χ3n) is 7.17. The molecular formula is C32H33N. The van der Waals surface area contributed by atoms with E-state index < -0.39 is 0 Å².